The highest BCUT2D eigenvalue weighted by Crippen LogP contribution is 2.18. The standard InChI is InChI=1S/C11H20F3N3O.HI/c1-2-15-10(17-9-4-5-9)16-6-3-7-18-8-11(12,13)14;/h9H,2-8H2,1H3,(H2,15,16,17);1H. The molecule has 0 spiro atoms. The van der Waals surface area contributed by atoms with Crippen LogP contribution in [-0.4, -0.2) is 44.5 Å². The van der Waals surface area contributed by atoms with Crippen LogP contribution in [0.15, 0.2) is 4.99 Å². The number of nitrogens with one attached hydrogen (secondary N) is 2. The molecular weight excluding hydrogens is 374 g/mol. The van der Waals surface area contributed by atoms with Gasteiger partial charge in [-0.05, 0) is 26.2 Å². The molecule has 0 heterocycles. The Balaban J connectivity index is 0.00000324. The van der Waals surface area contributed by atoms with Crippen LogP contribution in [0.1, 0.15) is 26.2 Å². The second-order valence-electron chi connectivity index (χ2n) is 4.20. The number of rotatable bonds is 7. The molecule has 2 N–H and O–H groups in total. The van der Waals surface area contributed by atoms with E-state index in [2.05, 4.69) is 20.4 Å². The van der Waals surface area contributed by atoms with Crippen molar-refractivity contribution in [3.63, 3.8) is 0 Å². The van der Waals surface area contributed by atoms with E-state index in [0.717, 1.165) is 25.3 Å². The molecule has 0 saturated heterocycles. The van der Waals surface area contributed by atoms with Gasteiger partial charge in [-0.1, -0.05) is 0 Å². The molecule has 0 aliphatic heterocycles. The van der Waals surface area contributed by atoms with E-state index in [9.17, 15) is 13.2 Å². The van der Waals surface area contributed by atoms with E-state index >= 15 is 0 Å². The first-order valence-electron chi connectivity index (χ1n) is 6.20. The van der Waals surface area contributed by atoms with Crippen LogP contribution in [0.4, 0.5) is 13.2 Å². The molecule has 1 rings (SSSR count). The van der Waals surface area contributed by atoms with Gasteiger partial charge in [0.15, 0.2) is 5.96 Å². The van der Waals surface area contributed by atoms with Crippen molar-refractivity contribution in [3.05, 3.63) is 0 Å². The van der Waals surface area contributed by atoms with E-state index in [0.29, 0.717) is 19.0 Å². The molecular formula is C11H21F3IN3O. The Morgan fingerprint density at radius 1 is 1.37 bits per heavy atom. The monoisotopic (exact) mass is 395 g/mol. The summed E-state index contributed by atoms with van der Waals surface area (Å²) in [6.45, 7) is 2.09. The van der Waals surface area contributed by atoms with Crippen LogP contribution in [0, 0.1) is 0 Å². The molecule has 0 atom stereocenters. The molecule has 0 bridgehead atoms. The number of guanidine groups is 1. The maximum Gasteiger partial charge on any atom is 0.411 e. The van der Waals surface area contributed by atoms with E-state index < -0.39 is 12.8 Å². The zero-order chi connectivity index (χ0) is 13.4. The molecule has 0 aromatic rings. The van der Waals surface area contributed by atoms with Crippen molar-refractivity contribution < 1.29 is 17.9 Å². The summed E-state index contributed by atoms with van der Waals surface area (Å²) >= 11 is 0. The maximum absolute atomic E-state index is 11.8. The van der Waals surface area contributed by atoms with Crippen molar-refractivity contribution in [1.29, 1.82) is 0 Å². The van der Waals surface area contributed by atoms with Crippen molar-refractivity contribution in [2.75, 3.05) is 26.3 Å². The Morgan fingerprint density at radius 3 is 2.58 bits per heavy atom. The molecule has 0 aromatic carbocycles. The first kappa shape index (κ1) is 18.8. The minimum atomic E-state index is -4.24. The van der Waals surface area contributed by atoms with Crippen molar-refractivity contribution in [3.8, 4) is 0 Å². The van der Waals surface area contributed by atoms with E-state index in [-0.39, 0.29) is 30.6 Å². The molecule has 0 radical (unpaired) electrons. The average Bonchev–Trinajstić information content (AvgIpc) is 3.05. The van der Waals surface area contributed by atoms with E-state index in [1.807, 2.05) is 6.92 Å². The van der Waals surface area contributed by atoms with Gasteiger partial charge in [0.2, 0.25) is 0 Å². The number of ether oxygens (including phenoxy) is 1. The minimum absolute atomic E-state index is 0. The fourth-order valence-electron chi connectivity index (χ4n) is 1.29. The third-order valence-electron chi connectivity index (χ3n) is 2.24. The number of halogens is 4. The summed E-state index contributed by atoms with van der Waals surface area (Å²) in [6.07, 6.45) is -1.46. The highest BCUT2D eigenvalue weighted by atomic mass is 127. The fraction of sp³-hybridized carbons (Fsp3) is 0.909. The number of nitrogens with zero attached hydrogens (tertiary/aromatic N) is 1. The van der Waals surface area contributed by atoms with Gasteiger partial charge in [0.05, 0.1) is 0 Å². The highest BCUT2D eigenvalue weighted by molar-refractivity contribution is 14.0. The van der Waals surface area contributed by atoms with Gasteiger partial charge in [0, 0.05) is 25.7 Å². The fourth-order valence-corrected chi connectivity index (χ4v) is 1.29. The van der Waals surface area contributed by atoms with Crippen molar-refractivity contribution in [1.82, 2.24) is 10.6 Å². The molecule has 8 heteroatoms. The number of alkyl halides is 3. The van der Waals surface area contributed by atoms with Crippen LogP contribution in [0.3, 0.4) is 0 Å². The topological polar surface area (TPSA) is 45.7 Å². The molecule has 0 aromatic heterocycles. The van der Waals surface area contributed by atoms with E-state index in [1.54, 1.807) is 0 Å². The summed E-state index contributed by atoms with van der Waals surface area (Å²) in [5, 5.41) is 6.31. The first-order chi connectivity index (χ1) is 8.51. The molecule has 0 unspecified atom stereocenters. The van der Waals surface area contributed by atoms with Gasteiger partial charge in [0.1, 0.15) is 6.61 Å². The second-order valence-corrected chi connectivity index (χ2v) is 4.20. The summed E-state index contributed by atoms with van der Waals surface area (Å²) in [6, 6.07) is 0.504. The number of hydrogen-bond donors (Lipinski definition) is 2. The summed E-state index contributed by atoms with van der Waals surface area (Å²) in [5.41, 5.74) is 0. The van der Waals surface area contributed by atoms with E-state index in [1.165, 1.54) is 0 Å². The van der Waals surface area contributed by atoms with Gasteiger partial charge in [-0.25, -0.2) is 0 Å². The lowest BCUT2D eigenvalue weighted by molar-refractivity contribution is -0.173. The Morgan fingerprint density at radius 2 is 2.05 bits per heavy atom. The molecule has 1 aliphatic rings. The lowest BCUT2D eigenvalue weighted by atomic mass is 10.4. The highest BCUT2D eigenvalue weighted by Gasteiger charge is 2.27. The second kappa shape index (κ2) is 9.62. The Bertz CT molecular complexity index is 270. The van der Waals surface area contributed by atoms with Crippen LogP contribution < -0.4 is 10.6 Å². The Hall–Kier alpha value is -0.250. The third-order valence-corrected chi connectivity index (χ3v) is 2.24. The van der Waals surface area contributed by atoms with Gasteiger partial charge in [-0.2, -0.15) is 13.2 Å². The van der Waals surface area contributed by atoms with Crippen LogP contribution in [-0.2, 0) is 4.74 Å². The maximum atomic E-state index is 11.8. The molecule has 0 amide bonds. The van der Waals surface area contributed by atoms with E-state index in [4.69, 9.17) is 0 Å². The zero-order valence-electron chi connectivity index (χ0n) is 10.9. The van der Waals surface area contributed by atoms with Crippen LogP contribution in [0.25, 0.3) is 0 Å². The van der Waals surface area contributed by atoms with Gasteiger partial charge >= 0.3 is 6.18 Å². The zero-order valence-corrected chi connectivity index (χ0v) is 13.3. The van der Waals surface area contributed by atoms with Gasteiger partial charge in [0.25, 0.3) is 0 Å². The molecule has 1 saturated carbocycles. The third kappa shape index (κ3) is 11.3. The van der Waals surface area contributed by atoms with Crippen LogP contribution in [0.5, 0.6) is 0 Å². The van der Waals surface area contributed by atoms with Crippen molar-refractivity contribution in [2.45, 2.75) is 38.4 Å². The molecule has 4 nitrogen and oxygen atoms in total. The number of aliphatic imine (C=N–C) groups is 1. The molecule has 1 aliphatic carbocycles. The van der Waals surface area contributed by atoms with Gasteiger partial charge < -0.3 is 15.4 Å². The molecule has 19 heavy (non-hydrogen) atoms. The summed E-state index contributed by atoms with van der Waals surface area (Å²) in [5.74, 6) is 0.732. The lowest BCUT2D eigenvalue weighted by Crippen LogP contribution is -2.38. The van der Waals surface area contributed by atoms with Crippen LogP contribution in [0.2, 0.25) is 0 Å². The smallest absolute Gasteiger partial charge is 0.372 e. The molecule has 114 valence electrons. The summed E-state index contributed by atoms with van der Waals surface area (Å²) < 4.78 is 39.8. The Kier molecular flexibility index (Phi) is 9.50. The summed E-state index contributed by atoms with van der Waals surface area (Å²) in [7, 11) is 0. The van der Waals surface area contributed by atoms with Crippen molar-refractivity contribution in [2.24, 2.45) is 4.99 Å². The van der Waals surface area contributed by atoms with Gasteiger partial charge in [-0.3, -0.25) is 4.99 Å². The van der Waals surface area contributed by atoms with Gasteiger partial charge in [-0.15, -0.1) is 24.0 Å². The predicted molar refractivity (Wildman–Crippen MR) is 79.0 cm³/mol. The predicted octanol–water partition coefficient (Wildman–Crippen LogP) is 2.29. The summed E-state index contributed by atoms with van der Waals surface area (Å²) in [4.78, 5) is 4.26. The van der Waals surface area contributed by atoms with Crippen LogP contribution >= 0.6 is 24.0 Å². The quantitative estimate of drug-likeness (QED) is 0.301. The Labute approximate surface area is 128 Å². The lowest BCUT2D eigenvalue weighted by Gasteiger charge is -2.10. The van der Waals surface area contributed by atoms with Crippen molar-refractivity contribution >= 4 is 29.9 Å². The molecule has 1 fully saturated rings. The first-order valence-corrected chi connectivity index (χ1v) is 6.20. The number of hydrogen-bond acceptors (Lipinski definition) is 2. The average molecular weight is 395 g/mol. The SMILES string of the molecule is CCNC(=NCCCOCC(F)(F)F)NC1CC1.I. The largest absolute Gasteiger partial charge is 0.411 e. The minimum Gasteiger partial charge on any atom is -0.372 e. The normalized spacial score (nSPS) is 15.9.